The minimum absolute atomic E-state index is 0.0471. The van der Waals surface area contributed by atoms with Crippen LogP contribution in [0.15, 0.2) is 40.9 Å². The normalized spacial score (nSPS) is 19.4. The highest BCUT2D eigenvalue weighted by atomic mass is 16.5. The number of hydrogen-bond donors (Lipinski definition) is 3. The van der Waals surface area contributed by atoms with Gasteiger partial charge in [-0.15, -0.1) is 0 Å². The molecule has 2 aromatic carbocycles. The fourth-order valence-electron chi connectivity index (χ4n) is 4.73. The van der Waals surface area contributed by atoms with Crippen molar-refractivity contribution in [1.82, 2.24) is 15.5 Å². The number of nitrogen functional groups attached to an aromatic ring is 1. The van der Waals surface area contributed by atoms with E-state index in [9.17, 15) is 5.11 Å². The molecule has 5 rings (SSSR count). The Morgan fingerprint density at radius 3 is 2.76 bits per heavy atom. The molecule has 2 aliphatic rings. The lowest BCUT2D eigenvalue weighted by molar-refractivity contribution is 0.337. The number of nitrogens with zero attached hydrogens (tertiary/aromatic N) is 2. The molecule has 0 amide bonds. The van der Waals surface area contributed by atoms with Gasteiger partial charge in [-0.3, -0.25) is 0 Å². The fraction of sp³-hybridized carbons (Fsp3) is 0.391. The molecule has 1 heterocycles. The number of phenolic OH excluding ortho intramolecular Hbond substituents is 1. The maximum absolute atomic E-state index is 9.62. The molecule has 1 aromatic heterocycles. The van der Waals surface area contributed by atoms with Crippen LogP contribution in [0.4, 0.5) is 5.69 Å². The van der Waals surface area contributed by atoms with Crippen LogP contribution in [0.1, 0.15) is 55.7 Å². The average molecular weight is 390 g/mol. The van der Waals surface area contributed by atoms with Gasteiger partial charge in [0.05, 0.1) is 5.69 Å². The van der Waals surface area contributed by atoms with Crippen LogP contribution in [-0.2, 0) is 6.42 Å². The second-order valence-corrected chi connectivity index (χ2v) is 8.16. The first-order valence-corrected chi connectivity index (χ1v) is 10.5. The summed E-state index contributed by atoms with van der Waals surface area (Å²) in [4.78, 5) is 4.60. The smallest absolute Gasteiger partial charge is 0.258 e. The lowest BCUT2D eigenvalue weighted by Gasteiger charge is -2.27. The Labute approximate surface area is 170 Å². The molecule has 2 aliphatic carbocycles. The van der Waals surface area contributed by atoms with Crippen molar-refractivity contribution in [2.45, 2.75) is 57.0 Å². The maximum atomic E-state index is 9.62. The summed E-state index contributed by atoms with van der Waals surface area (Å²) in [6.07, 6.45) is 8.75. The predicted octanol–water partition coefficient (Wildman–Crippen LogP) is 4.60. The number of aromatic nitrogens is 2. The van der Waals surface area contributed by atoms with Crippen molar-refractivity contribution in [1.29, 1.82) is 0 Å². The van der Waals surface area contributed by atoms with Gasteiger partial charge < -0.3 is 20.7 Å². The third kappa shape index (κ3) is 3.49. The Hall–Kier alpha value is -2.86. The second-order valence-electron chi connectivity index (χ2n) is 8.16. The van der Waals surface area contributed by atoms with Crippen LogP contribution in [0.3, 0.4) is 0 Å². The monoisotopic (exact) mass is 390 g/mol. The number of hydrogen-bond acceptors (Lipinski definition) is 6. The number of rotatable bonds is 4. The maximum Gasteiger partial charge on any atom is 0.258 e. The highest BCUT2D eigenvalue weighted by Gasteiger charge is 2.28. The third-order valence-corrected chi connectivity index (χ3v) is 6.25. The van der Waals surface area contributed by atoms with Crippen molar-refractivity contribution in [3.63, 3.8) is 0 Å². The molecule has 1 atom stereocenters. The van der Waals surface area contributed by atoms with Crippen LogP contribution in [0.25, 0.3) is 22.8 Å². The van der Waals surface area contributed by atoms with Gasteiger partial charge in [-0.2, -0.15) is 4.98 Å². The Morgan fingerprint density at radius 1 is 1.07 bits per heavy atom. The minimum atomic E-state index is 0.0471. The molecule has 0 spiro atoms. The molecule has 0 saturated heterocycles. The number of anilines is 1. The molecule has 6 heteroatoms. The van der Waals surface area contributed by atoms with Crippen LogP contribution >= 0.6 is 0 Å². The van der Waals surface area contributed by atoms with Crippen molar-refractivity contribution in [2.75, 3.05) is 5.73 Å². The van der Waals surface area contributed by atoms with Gasteiger partial charge in [-0.1, -0.05) is 42.6 Å². The number of fused-ring (bicyclic) bond motifs is 1. The summed E-state index contributed by atoms with van der Waals surface area (Å²) in [5, 5.41) is 17.7. The molecule has 0 radical (unpaired) electrons. The van der Waals surface area contributed by atoms with Crippen LogP contribution in [0.5, 0.6) is 5.75 Å². The van der Waals surface area contributed by atoms with E-state index in [0.29, 0.717) is 35.0 Å². The van der Waals surface area contributed by atoms with Gasteiger partial charge in [-0.25, -0.2) is 0 Å². The van der Waals surface area contributed by atoms with Crippen LogP contribution in [0, 0.1) is 0 Å². The molecule has 4 N–H and O–H groups in total. The summed E-state index contributed by atoms with van der Waals surface area (Å²) in [6.45, 7) is 0. The van der Waals surface area contributed by atoms with Gasteiger partial charge in [0.25, 0.3) is 5.89 Å². The summed E-state index contributed by atoms with van der Waals surface area (Å²) < 4.78 is 5.49. The Bertz CT molecular complexity index is 1020. The van der Waals surface area contributed by atoms with Crippen LogP contribution < -0.4 is 11.1 Å². The molecule has 29 heavy (non-hydrogen) atoms. The van der Waals surface area contributed by atoms with Crippen molar-refractivity contribution < 1.29 is 9.63 Å². The zero-order valence-corrected chi connectivity index (χ0v) is 16.4. The Kier molecular flexibility index (Phi) is 4.72. The molecule has 1 saturated carbocycles. The molecule has 1 fully saturated rings. The number of nitrogens with one attached hydrogen (secondary N) is 1. The minimum Gasteiger partial charge on any atom is -0.506 e. The van der Waals surface area contributed by atoms with E-state index in [1.807, 2.05) is 0 Å². The third-order valence-electron chi connectivity index (χ3n) is 6.25. The van der Waals surface area contributed by atoms with Crippen molar-refractivity contribution >= 4 is 5.69 Å². The lowest BCUT2D eigenvalue weighted by atomic mass is 9.94. The van der Waals surface area contributed by atoms with Crippen molar-refractivity contribution in [3.8, 4) is 28.6 Å². The lowest BCUT2D eigenvalue weighted by Crippen LogP contribution is -2.33. The van der Waals surface area contributed by atoms with E-state index >= 15 is 0 Å². The molecule has 150 valence electrons. The van der Waals surface area contributed by atoms with Gasteiger partial charge >= 0.3 is 0 Å². The summed E-state index contributed by atoms with van der Waals surface area (Å²) in [5.74, 6) is 1.05. The predicted molar refractivity (Wildman–Crippen MR) is 112 cm³/mol. The van der Waals surface area contributed by atoms with Crippen molar-refractivity contribution in [3.05, 3.63) is 47.5 Å². The van der Waals surface area contributed by atoms with Crippen LogP contribution in [-0.4, -0.2) is 21.3 Å². The van der Waals surface area contributed by atoms with E-state index in [1.165, 1.54) is 49.3 Å². The number of nitrogens with two attached hydrogens (primary N) is 1. The van der Waals surface area contributed by atoms with Gasteiger partial charge in [0.1, 0.15) is 5.75 Å². The van der Waals surface area contributed by atoms with Gasteiger partial charge in [0.2, 0.25) is 5.82 Å². The summed E-state index contributed by atoms with van der Waals surface area (Å²) in [6, 6.07) is 12.3. The largest absolute Gasteiger partial charge is 0.506 e. The molecule has 0 bridgehead atoms. The zero-order valence-electron chi connectivity index (χ0n) is 16.4. The zero-order chi connectivity index (χ0) is 19.8. The van der Waals surface area contributed by atoms with E-state index in [1.54, 1.807) is 12.1 Å². The molecular formula is C23H26N4O2. The van der Waals surface area contributed by atoms with E-state index in [-0.39, 0.29) is 5.75 Å². The van der Waals surface area contributed by atoms with E-state index < -0.39 is 0 Å². The molecule has 3 aromatic rings. The quantitative estimate of drug-likeness (QED) is 0.445. The first-order chi connectivity index (χ1) is 14.2. The van der Waals surface area contributed by atoms with E-state index in [2.05, 4.69) is 33.7 Å². The van der Waals surface area contributed by atoms with Crippen LogP contribution in [0.2, 0.25) is 0 Å². The standard InChI is InChI=1S/C23H26N4O2/c24-19-13-14(9-12-21(19)28)23-26-22(27-29-23)18-8-4-7-17-16(18)10-11-20(17)25-15-5-2-1-3-6-15/h4,7-9,12-13,15,20,25,28H,1-3,5-6,10-11,24H2. The number of phenols is 1. The molecule has 1 unspecified atom stereocenters. The number of benzene rings is 2. The number of aromatic hydroxyl groups is 1. The molecule has 0 aliphatic heterocycles. The highest BCUT2D eigenvalue weighted by molar-refractivity contribution is 5.68. The Balaban J connectivity index is 1.41. The van der Waals surface area contributed by atoms with Gasteiger partial charge in [0, 0.05) is 23.2 Å². The SMILES string of the molecule is Nc1cc(-c2nc(-c3cccc4c3CCC4NC3CCCCC3)no2)ccc1O. The molecule has 6 nitrogen and oxygen atoms in total. The first kappa shape index (κ1) is 18.2. The average Bonchev–Trinajstić information content (AvgIpc) is 3.39. The second kappa shape index (κ2) is 7.52. The highest BCUT2D eigenvalue weighted by Crippen LogP contribution is 2.38. The van der Waals surface area contributed by atoms with E-state index in [0.717, 1.165) is 18.4 Å². The summed E-state index contributed by atoms with van der Waals surface area (Å²) in [7, 11) is 0. The van der Waals surface area contributed by atoms with Gasteiger partial charge in [-0.05, 0) is 55.0 Å². The van der Waals surface area contributed by atoms with E-state index in [4.69, 9.17) is 10.3 Å². The fourth-order valence-corrected chi connectivity index (χ4v) is 4.73. The Morgan fingerprint density at radius 2 is 1.93 bits per heavy atom. The first-order valence-electron chi connectivity index (χ1n) is 10.5. The summed E-state index contributed by atoms with van der Waals surface area (Å²) >= 11 is 0. The molecular weight excluding hydrogens is 364 g/mol. The van der Waals surface area contributed by atoms with Gasteiger partial charge in [0.15, 0.2) is 0 Å². The summed E-state index contributed by atoms with van der Waals surface area (Å²) in [5.41, 5.74) is 10.5. The topological polar surface area (TPSA) is 97.2 Å². The van der Waals surface area contributed by atoms with Crippen molar-refractivity contribution in [2.24, 2.45) is 0 Å².